The van der Waals surface area contributed by atoms with Gasteiger partial charge >= 0.3 is 0 Å². The van der Waals surface area contributed by atoms with Crippen LogP contribution in [-0.4, -0.2) is 50.4 Å². The fourth-order valence-corrected chi connectivity index (χ4v) is 3.48. The van der Waals surface area contributed by atoms with E-state index in [1.54, 1.807) is 49.6 Å². The molecule has 6 nitrogen and oxygen atoms in total. The van der Waals surface area contributed by atoms with Crippen molar-refractivity contribution in [2.45, 2.75) is 32.8 Å². The Bertz CT molecular complexity index is 1210. The van der Waals surface area contributed by atoms with Crippen LogP contribution >= 0.6 is 23.2 Å². The van der Waals surface area contributed by atoms with Crippen LogP contribution in [0.3, 0.4) is 0 Å². The monoisotopic (exact) mass is 600 g/mol. The Balaban J connectivity index is 2.51. The minimum atomic E-state index is -0.422. The molecule has 0 radical (unpaired) electrons. The summed E-state index contributed by atoms with van der Waals surface area (Å²) in [6.45, 7) is 7.50. The number of allylic oxidation sites excluding steroid dienone is 9. The summed E-state index contributed by atoms with van der Waals surface area (Å²) < 4.78 is 19.1. The lowest BCUT2D eigenvalue weighted by atomic mass is 10.2. The zero-order chi connectivity index (χ0) is 30.3. The number of halogens is 3. The molecule has 0 aliphatic rings. The first-order valence-electron chi connectivity index (χ1n) is 13.1. The van der Waals surface area contributed by atoms with Crippen LogP contribution in [0.25, 0.3) is 0 Å². The molecule has 0 unspecified atom stereocenters. The number of nitrogens with one attached hydrogen (secondary N) is 1. The maximum absolute atomic E-state index is 13.8. The summed E-state index contributed by atoms with van der Waals surface area (Å²) in [6, 6.07) is 4.41. The van der Waals surface area contributed by atoms with Crippen molar-refractivity contribution in [2.75, 3.05) is 27.2 Å². The number of aliphatic imine (C=N–C) groups is 2. The van der Waals surface area contributed by atoms with Gasteiger partial charge in [-0.2, -0.15) is 0 Å². The van der Waals surface area contributed by atoms with E-state index in [1.165, 1.54) is 18.5 Å². The topological polar surface area (TPSA) is 66.3 Å². The summed E-state index contributed by atoms with van der Waals surface area (Å²) in [5, 5.41) is 3.61. The van der Waals surface area contributed by atoms with Crippen molar-refractivity contribution in [1.82, 2.24) is 10.2 Å². The third-order valence-electron chi connectivity index (χ3n) is 5.32. The molecule has 0 aliphatic heterocycles. The summed E-state index contributed by atoms with van der Waals surface area (Å²) in [7, 11) is 3.85. The van der Waals surface area contributed by atoms with Gasteiger partial charge < -0.3 is 19.9 Å². The van der Waals surface area contributed by atoms with Gasteiger partial charge in [-0.05, 0) is 75.5 Å². The molecule has 1 N–H and O–H groups in total. The second kappa shape index (κ2) is 22.2. The SMILES string of the molecule is C=C/C=C(/C/C=C/C(Cl)=C\C=C\OCc1ccc(Cl)cc1F)N=CC(=O)NC(/C=C\CCN(C)CCC=NC)=C/C. The molecule has 0 aromatic heterocycles. The van der Waals surface area contributed by atoms with Crippen LogP contribution in [0, 0.1) is 5.82 Å². The largest absolute Gasteiger partial charge is 0.496 e. The van der Waals surface area contributed by atoms with E-state index < -0.39 is 5.82 Å². The zero-order valence-electron chi connectivity index (χ0n) is 23.9. The number of carbonyl (C=O) groups excluding carboxylic acids is 1. The molecule has 1 amide bonds. The van der Waals surface area contributed by atoms with Crippen LogP contribution in [0.15, 0.2) is 112 Å². The van der Waals surface area contributed by atoms with Crippen molar-refractivity contribution in [3.8, 4) is 0 Å². The van der Waals surface area contributed by atoms with Crippen LogP contribution in [0.4, 0.5) is 4.39 Å². The Hall–Kier alpha value is -3.52. The second-order valence-corrected chi connectivity index (χ2v) is 9.52. The van der Waals surface area contributed by atoms with E-state index in [-0.39, 0.29) is 12.5 Å². The highest BCUT2D eigenvalue weighted by molar-refractivity contribution is 6.31. The van der Waals surface area contributed by atoms with Crippen molar-refractivity contribution in [1.29, 1.82) is 0 Å². The average Bonchev–Trinajstić information content (AvgIpc) is 2.94. The maximum Gasteiger partial charge on any atom is 0.266 e. The van der Waals surface area contributed by atoms with Crippen molar-refractivity contribution < 1.29 is 13.9 Å². The number of benzene rings is 1. The lowest BCUT2D eigenvalue weighted by molar-refractivity contribution is -0.113. The predicted octanol–water partition coefficient (Wildman–Crippen LogP) is 7.71. The van der Waals surface area contributed by atoms with Crippen molar-refractivity contribution in [3.63, 3.8) is 0 Å². The molecule has 0 aliphatic carbocycles. The number of hydrogen-bond acceptors (Lipinski definition) is 5. The molecule has 0 spiro atoms. The third-order valence-corrected chi connectivity index (χ3v) is 5.81. The highest BCUT2D eigenvalue weighted by Gasteiger charge is 2.02. The number of rotatable bonds is 18. The fraction of sp³-hybridized carbons (Fsp3) is 0.281. The van der Waals surface area contributed by atoms with Crippen LogP contribution in [0.5, 0.6) is 0 Å². The van der Waals surface area contributed by atoms with Gasteiger partial charge in [-0.1, -0.05) is 60.2 Å². The summed E-state index contributed by atoms with van der Waals surface area (Å²) >= 11 is 12.0. The van der Waals surface area contributed by atoms with Crippen molar-refractivity contribution >= 4 is 41.5 Å². The van der Waals surface area contributed by atoms with E-state index in [0.717, 1.165) is 25.9 Å². The van der Waals surface area contributed by atoms with E-state index in [0.29, 0.717) is 33.4 Å². The van der Waals surface area contributed by atoms with E-state index in [9.17, 15) is 9.18 Å². The summed E-state index contributed by atoms with van der Waals surface area (Å²) in [6.07, 6.45) is 22.6. The number of hydrogen-bond donors (Lipinski definition) is 1. The van der Waals surface area contributed by atoms with Gasteiger partial charge in [0.1, 0.15) is 12.4 Å². The van der Waals surface area contributed by atoms with Crippen molar-refractivity contribution in [2.24, 2.45) is 9.98 Å². The highest BCUT2D eigenvalue weighted by Crippen LogP contribution is 2.15. The van der Waals surface area contributed by atoms with Gasteiger partial charge in [0, 0.05) is 53.6 Å². The quantitative estimate of drug-likeness (QED) is 0.107. The number of amides is 1. The zero-order valence-corrected chi connectivity index (χ0v) is 25.4. The molecule has 0 atom stereocenters. The van der Waals surface area contributed by atoms with Gasteiger partial charge in [0.05, 0.1) is 12.5 Å². The number of ether oxygens (including phenoxy) is 1. The van der Waals surface area contributed by atoms with E-state index in [2.05, 4.69) is 33.8 Å². The second-order valence-electron chi connectivity index (χ2n) is 8.64. The van der Waals surface area contributed by atoms with E-state index >= 15 is 0 Å². The average molecular weight is 602 g/mol. The Morgan fingerprint density at radius 1 is 1.20 bits per heavy atom. The van der Waals surface area contributed by atoms with Gasteiger partial charge in [-0.25, -0.2) is 4.39 Å². The van der Waals surface area contributed by atoms with Gasteiger partial charge in [0.2, 0.25) is 0 Å². The number of nitrogens with zero attached hydrogens (tertiary/aromatic N) is 3. The summed E-state index contributed by atoms with van der Waals surface area (Å²) in [5.41, 5.74) is 1.73. The lowest BCUT2D eigenvalue weighted by Crippen LogP contribution is -2.23. The Morgan fingerprint density at radius 3 is 2.68 bits per heavy atom. The smallest absolute Gasteiger partial charge is 0.266 e. The Kier molecular flexibility index (Phi) is 19.2. The summed E-state index contributed by atoms with van der Waals surface area (Å²) in [5.74, 6) is -0.756. The van der Waals surface area contributed by atoms with Crippen LogP contribution in [0.2, 0.25) is 5.02 Å². The molecule has 9 heteroatoms. The molecular weight excluding hydrogens is 562 g/mol. The molecule has 1 aromatic carbocycles. The Morgan fingerprint density at radius 2 is 1.98 bits per heavy atom. The highest BCUT2D eigenvalue weighted by atomic mass is 35.5. The molecule has 220 valence electrons. The summed E-state index contributed by atoms with van der Waals surface area (Å²) in [4.78, 5) is 22.9. The molecule has 0 fully saturated rings. The first-order valence-corrected chi connectivity index (χ1v) is 13.9. The molecule has 0 saturated carbocycles. The minimum absolute atomic E-state index is 0.0706. The molecule has 41 heavy (non-hydrogen) atoms. The van der Waals surface area contributed by atoms with Gasteiger partial charge in [0.15, 0.2) is 0 Å². The predicted molar refractivity (Wildman–Crippen MR) is 172 cm³/mol. The van der Waals surface area contributed by atoms with Crippen LogP contribution in [0.1, 0.15) is 31.7 Å². The fourth-order valence-electron chi connectivity index (χ4n) is 3.16. The van der Waals surface area contributed by atoms with E-state index in [1.807, 2.05) is 37.4 Å². The third kappa shape index (κ3) is 17.7. The first-order chi connectivity index (χ1) is 19.8. The maximum atomic E-state index is 13.8. The Labute approximate surface area is 253 Å². The van der Waals surface area contributed by atoms with Crippen LogP contribution < -0.4 is 5.32 Å². The first kappa shape index (κ1) is 35.5. The van der Waals surface area contributed by atoms with Gasteiger partial charge in [-0.3, -0.25) is 9.79 Å². The minimum Gasteiger partial charge on any atom is -0.496 e. The molecule has 0 saturated heterocycles. The standard InChI is InChI=1S/C32H39Cl2FN4O2/c1-5-12-30(16-9-13-27(33)14-10-22-41-25-26-17-18-28(34)23-31(26)35)37-24-32(40)38-29(6-2)15-7-8-20-39(4)21-11-19-36-3/h5-7,9-10,12-15,17-19,22-24H,1,8,11,16,20-21,25H2,2-4H3,(H,38,40)/b13-9+,15-7-,22-10+,27-14+,29-6+,30-12-,36-19?,37-24?. The van der Waals surface area contributed by atoms with Gasteiger partial charge in [-0.15, -0.1) is 0 Å². The molecule has 1 aromatic rings. The lowest BCUT2D eigenvalue weighted by Gasteiger charge is -2.13. The molecule has 0 bridgehead atoms. The molecular formula is C32H39Cl2FN4O2. The normalized spacial score (nSPS) is 13.6. The molecule has 0 heterocycles. The van der Waals surface area contributed by atoms with Gasteiger partial charge in [0.25, 0.3) is 5.91 Å². The van der Waals surface area contributed by atoms with Crippen molar-refractivity contribution in [3.05, 3.63) is 119 Å². The molecule has 1 rings (SSSR count). The van der Waals surface area contributed by atoms with Crippen LogP contribution in [-0.2, 0) is 16.1 Å². The number of carbonyl (C=O) groups is 1. The van der Waals surface area contributed by atoms with E-state index in [4.69, 9.17) is 27.9 Å².